The van der Waals surface area contributed by atoms with Gasteiger partial charge in [-0.05, 0) is 38.2 Å². The van der Waals surface area contributed by atoms with E-state index < -0.39 is 0 Å². The summed E-state index contributed by atoms with van der Waals surface area (Å²) in [5.74, 6) is -0.0382. The predicted octanol–water partition coefficient (Wildman–Crippen LogP) is 1.61. The van der Waals surface area contributed by atoms with Gasteiger partial charge >= 0.3 is 0 Å². The van der Waals surface area contributed by atoms with E-state index in [1.54, 1.807) is 12.1 Å². The third kappa shape index (κ3) is 4.16. The van der Waals surface area contributed by atoms with Crippen LogP contribution in [0, 0.1) is 5.82 Å². The van der Waals surface area contributed by atoms with Crippen LogP contribution in [-0.2, 0) is 6.54 Å². The van der Waals surface area contributed by atoms with Crippen LogP contribution in [0.2, 0.25) is 0 Å². The third-order valence-electron chi connectivity index (χ3n) is 2.24. The molecule has 2 N–H and O–H groups in total. The summed E-state index contributed by atoms with van der Waals surface area (Å²) >= 11 is 0. The Kier molecular flexibility index (Phi) is 5.22. The molecule has 1 aromatic rings. The average Bonchev–Trinajstić information content (AvgIpc) is 2.25. The molecule has 0 aromatic heterocycles. The fourth-order valence-electron chi connectivity index (χ4n) is 1.35. The van der Waals surface area contributed by atoms with Crippen molar-refractivity contribution in [2.45, 2.75) is 13.0 Å². The maximum Gasteiger partial charge on any atom is 0.165 e. The Morgan fingerprint density at radius 3 is 2.69 bits per heavy atom. The predicted molar refractivity (Wildman–Crippen MR) is 63.0 cm³/mol. The SMILES string of the molecule is CN(C)CCCOc1ccc(CN)cc1F. The van der Waals surface area contributed by atoms with Gasteiger partial charge in [-0.2, -0.15) is 0 Å². The highest BCUT2D eigenvalue weighted by Gasteiger charge is 2.03. The molecular formula is C12H19FN2O. The molecule has 0 aliphatic rings. The van der Waals surface area contributed by atoms with E-state index in [4.69, 9.17) is 10.5 Å². The highest BCUT2D eigenvalue weighted by molar-refractivity contribution is 5.29. The van der Waals surface area contributed by atoms with E-state index in [0.717, 1.165) is 18.5 Å². The van der Waals surface area contributed by atoms with Crippen molar-refractivity contribution in [1.29, 1.82) is 0 Å². The first-order valence-electron chi connectivity index (χ1n) is 5.39. The van der Waals surface area contributed by atoms with Crippen LogP contribution in [0.15, 0.2) is 18.2 Å². The minimum atomic E-state index is -0.340. The Hall–Kier alpha value is -1.13. The summed E-state index contributed by atoms with van der Waals surface area (Å²) in [5, 5.41) is 0. The van der Waals surface area contributed by atoms with E-state index in [0.29, 0.717) is 18.9 Å². The second kappa shape index (κ2) is 6.45. The first-order chi connectivity index (χ1) is 7.63. The van der Waals surface area contributed by atoms with Crippen molar-refractivity contribution in [3.63, 3.8) is 0 Å². The fraction of sp³-hybridized carbons (Fsp3) is 0.500. The van der Waals surface area contributed by atoms with Crippen molar-refractivity contribution >= 4 is 0 Å². The molecule has 0 heterocycles. The summed E-state index contributed by atoms with van der Waals surface area (Å²) in [5.41, 5.74) is 6.19. The molecule has 0 saturated heterocycles. The minimum absolute atomic E-state index is 0.302. The number of nitrogens with two attached hydrogens (primary N) is 1. The summed E-state index contributed by atoms with van der Waals surface area (Å²) in [6.45, 7) is 1.80. The first kappa shape index (κ1) is 12.9. The molecule has 0 atom stereocenters. The van der Waals surface area contributed by atoms with Gasteiger partial charge in [0.2, 0.25) is 0 Å². The van der Waals surface area contributed by atoms with Gasteiger partial charge in [-0.15, -0.1) is 0 Å². The van der Waals surface area contributed by atoms with Gasteiger partial charge in [0, 0.05) is 13.1 Å². The van der Waals surface area contributed by atoms with E-state index in [1.165, 1.54) is 6.07 Å². The van der Waals surface area contributed by atoms with Crippen LogP contribution in [0.25, 0.3) is 0 Å². The molecule has 0 spiro atoms. The van der Waals surface area contributed by atoms with Gasteiger partial charge < -0.3 is 15.4 Å². The summed E-state index contributed by atoms with van der Waals surface area (Å²) in [6, 6.07) is 4.83. The second-order valence-electron chi connectivity index (χ2n) is 3.97. The minimum Gasteiger partial charge on any atom is -0.490 e. The molecular weight excluding hydrogens is 207 g/mol. The Balaban J connectivity index is 2.42. The summed E-state index contributed by atoms with van der Waals surface area (Å²) in [4.78, 5) is 2.07. The summed E-state index contributed by atoms with van der Waals surface area (Å²) in [7, 11) is 3.99. The van der Waals surface area contributed by atoms with Crippen molar-refractivity contribution in [2.75, 3.05) is 27.2 Å². The van der Waals surface area contributed by atoms with E-state index >= 15 is 0 Å². The van der Waals surface area contributed by atoms with E-state index in [-0.39, 0.29) is 5.82 Å². The van der Waals surface area contributed by atoms with Gasteiger partial charge in [-0.25, -0.2) is 4.39 Å². The zero-order valence-corrected chi connectivity index (χ0v) is 9.87. The van der Waals surface area contributed by atoms with Gasteiger partial charge in [0.15, 0.2) is 11.6 Å². The van der Waals surface area contributed by atoms with Crippen molar-refractivity contribution in [3.8, 4) is 5.75 Å². The Bertz CT molecular complexity index is 329. The molecule has 90 valence electrons. The molecule has 3 nitrogen and oxygen atoms in total. The molecule has 0 aliphatic heterocycles. The molecule has 1 aromatic carbocycles. The van der Waals surface area contributed by atoms with E-state index in [1.807, 2.05) is 14.1 Å². The van der Waals surface area contributed by atoms with Gasteiger partial charge in [0.05, 0.1) is 6.61 Å². The highest BCUT2D eigenvalue weighted by atomic mass is 19.1. The molecule has 16 heavy (non-hydrogen) atoms. The number of rotatable bonds is 6. The van der Waals surface area contributed by atoms with Gasteiger partial charge in [0.25, 0.3) is 0 Å². The summed E-state index contributed by atoms with van der Waals surface area (Å²) in [6.07, 6.45) is 0.880. The van der Waals surface area contributed by atoms with Crippen molar-refractivity contribution in [2.24, 2.45) is 5.73 Å². The average molecular weight is 226 g/mol. The van der Waals surface area contributed by atoms with Crippen LogP contribution in [0.4, 0.5) is 4.39 Å². The molecule has 0 radical (unpaired) electrons. The molecule has 0 unspecified atom stereocenters. The Morgan fingerprint density at radius 2 is 2.12 bits per heavy atom. The van der Waals surface area contributed by atoms with Crippen molar-refractivity contribution < 1.29 is 9.13 Å². The van der Waals surface area contributed by atoms with Crippen LogP contribution in [0.5, 0.6) is 5.75 Å². The molecule has 0 saturated carbocycles. The lowest BCUT2D eigenvalue weighted by atomic mass is 10.2. The lowest BCUT2D eigenvalue weighted by molar-refractivity contribution is 0.271. The largest absolute Gasteiger partial charge is 0.490 e. The molecule has 1 rings (SSSR count). The number of hydrogen-bond donors (Lipinski definition) is 1. The first-order valence-corrected chi connectivity index (χ1v) is 5.39. The van der Waals surface area contributed by atoms with Crippen LogP contribution in [0.1, 0.15) is 12.0 Å². The zero-order valence-electron chi connectivity index (χ0n) is 9.87. The van der Waals surface area contributed by atoms with Crippen LogP contribution < -0.4 is 10.5 Å². The number of halogens is 1. The maximum atomic E-state index is 13.4. The molecule has 0 bridgehead atoms. The van der Waals surface area contributed by atoms with Gasteiger partial charge in [-0.1, -0.05) is 6.07 Å². The lowest BCUT2D eigenvalue weighted by Crippen LogP contribution is -2.15. The Labute approximate surface area is 96.0 Å². The normalized spacial score (nSPS) is 10.8. The van der Waals surface area contributed by atoms with Crippen LogP contribution >= 0.6 is 0 Å². The number of benzene rings is 1. The number of nitrogens with zero attached hydrogens (tertiary/aromatic N) is 1. The van der Waals surface area contributed by atoms with Crippen LogP contribution in [0.3, 0.4) is 0 Å². The van der Waals surface area contributed by atoms with Crippen LogP contribution in [-0.4, -0.2) is 32.1 Å². The topological polar surface area (TPSA) is 38.5 Å². The monoisotopic (exact) mass is 226 g/mol. The maximum absolute atomic E-state index is 13.4. The van der Waals surface area contributed by atoms with Gasteiger partial charge in [0.1, 0.15) is 0 Å². The molecule has 0 aliphatic carbocycles. The van der Waals surface area contributed by atoms with E-state index in [2.05, 4.69) is 4.90 Å². The van der Waals surface area contributed by atoms with Gasteiger partial charge in [-0.3, -0.25) is 0 Å². The zero-order chi connectivity index (χ0) is 12.0. The van der Waals surface area contributed by atoms with Crippen molar-refractivity contribution in [3.05, 3.63) is 29.6 Å². The third-order valence-corrected chi connectivity index (χ3v) is 2.24. The smallest absolute Gasteiger partial charge is 0.165 e. The molecule has 0 amide bonds. The van der Waals surface area contributed by atoms with Crippen molar-refractivity contribution in [1.82, 2.24) is 4.90 Å². The summed E-state index contributed by atoms with van der Waals surface area (Å²) < 4.78 is 18.8. The molecule has 0 fully saturated rings. The Morgan fingerprint density at radius 1 is 1.38 bits per heavy atom. The second-order valence-corrected chi connectivity index (χ2v) is 3.97. The standard InChI is InChI=1S/C12H19FN2O/c1-15(2)6-3-7-16-12-5-4-10(9-14)8-11(12)13/h4-5,8H,3,6-7,9,14H2,1-2H3. The quantitative estimate of drug-likeness (QED) is 0.749. The fourth-order valence-corrected chi connectivity index (χ4v) is 1.35. The lowest BCUT2D eigenvalue weighted by Gasteiger charge is -2.11. The number of ether oxygens (including phenoxy) is 1. The number of hydrogen-bond acceptors (Lipinski definition) is 3. The molecule has 4 heteroatoms. The highest BCUT2D eigenvalue weighted by Crippen LogP contribution is 2.18. The van der Waals surface area contributed by atoms with E-state index in [9.17, 15) is 4.39 Å².